The summed E-state index contributed by atoms with van der Waals surface area (Å²) in [6.07, 6.45) is 0.838. The Labute approximate surface area is 158 Å². The minimum atomic E-state index is -0.806. The number of carbonyl (C=O) groups excluding carboxylic acids is 2. The molecule has 6 nitrogen and oxygen atoms in total. The van der Waals surface area contributed by atoms with Gasteiger partial charge in [-0.25, -0.2) is 9.96 Å². The van der Waals surface area contributed by atoms with Gasteiger partial charge in [-0.3, -0.25) is 14.4 Å². The molecule has 27 heavy (non-hydrogen) atoms. The topological polar surface area (TPSA) is 59.1 Å². The number of benzene rings is 2. The molecule has 0 N–H and O–H groups in total. The zero-order valence-electron chi connectivity index (χ0n) is 15.4. The minimum Gasteiger partial charge on any atom is -0.495 e. The van der Waals surface area contributed by atoms with Gasteiger partial charge >= 0.3 is 0 Å². The number of hydrogen-bond donors (Lipinski definition) is 0. The summed E-state index contributed by atoms with van der Waals surface area (Å²) in [5.41, 5.74) is 1.32. The van der Waals surface area contributed by atoms with Gasteiger partial charge in [0, 0.05) is 0 Å². The molecule has 0 radical (unpaired) electrons. The lowest BCUT2D eigenvalue weighted by Gasteiger charge is -2.28. The minimum absolute atomic E-state index is 0.182. The van der Waals surface area contributed by atoms with E-state index >= 15 is 0 Å². The fraction of sp³-hybridized carbons (Fsp3) is 0.333. The van der Waals surface area contributed by atoms with Crippen molar-refractivity contribution in [2.45, 2.75) is 31.9 Å². The summed E-state index contributed by atoms with van der Waals surface area (Å²) in [7, 11) is 1.53. The second-order valence-electron chi connectivity index (χ2n) is 6.75. The van der Waals surface area contributed by atoms with Crippen LogP contribution in [0.15, 0.2) is 54.6 Å². The van der Waals surface area contributed by atoms with Crippen molar-refractivity contribution < 1.29 is 19.2 Å². The smallest absolute Gasteiger partial charge is 0.266 e. The van der Waals surface area contributed by atoms with Gasteiger partial charge in [0.1, 0.15) is 5.75 Å². The van der Waals surface area contributed by atoms with E-state index < -0.39 is 12.0 Å². The second kappa shape index (κ2) is 7.04. The summed E-state index contributed by atoms with van der Waals surface area (Å²) in [5, 5.41) is 1.74. The van der Waals surface area contributed by atoms with Crippen LogP contribution < -0.4 is 14.7 Å². The molecule has 0 spiro atoms. The molecule has 2 heterocycles. The van der Waals surface area contributed by atoms with Gasteiger partial charge in [0.25, 0.3) is 5.91 Å². The van der Waals surface area contributed by atoms with Crippen LogP contribution in [0.2, 0.25) is 0 Å². The molecule has 2 amide bonds. The number of ether oxygens (including phenoxy) is 1. The third-order valence-electron chi connectivity index (χ3n) is 5.16. The van der Waals surface area contributed by atoms with E-state index in [0.29, 0.717) is 11.4 Å². The molecule has 2 aromatic carbocycles. The first-order valence-electron chi connectivity index (χ1n) is 9.19. The molecule has 3 atom stereocenters. The lowest BCUT2D eigenvalue weighted by Crippen LogP contribution is -2.40. The quantitative estimate of drug-likeness (QED) is 0.761. The molecule has 0 saturated carbocycles. The standard InChI is InChI=1S/C21H22N2O4/c1-3-9-16-18-19(27-23(16)14-10-5-4-6-11-14)21(25)22(20(18)24)15-12-7-8-13-17(15)26-2/h4-8,10-13,16,18-19H,3,9H2,1-2H3/t16-,18-,19-/m0/s1. The first-order chi connectivity index (χ1) is 13.2. The SMILES string of the molecule is CCC[C@H]1[C@@H]2C(=O)N(c3ccccc3OC)C(=O)[C@H]2ON1c1ccccc1. The Kier molecular flexibility index (Phi) is 4.58. The van der Waals surface area contributed by atoms with Crippen LogP contribution >= 0.6 is 0 Å². The van der Waals surface area contributed by atoms with Gasteiger partial charge in [0.05, 0.1) is 30.4 Å². The summed E-state index contributed by atoms with van der Waals surface area (Å²) in [5.74, 6) is -0.603. The number of fused-ring (bicyclic) bond motifs is 1. The highest BCUT2D eigenvalue weighted by atomic mass is 16.7. The van der Waals surface area contributed by atoms with Crippen molar-refractivity contribution in [3.63, 3.8) is 0 Å². The van der Waals surface area contributed by atoms with Gasteiger partial charge in [-0.2, -0.15) is 0 Å². The fourth-order valence-electron chi connectivity index (χ4n) is 3.96. The maximum atomic E-state index is 13.3. The summed E-state index contributed by atoms with van der Waals surface area (Å²) < 4.78 is 5.34. The van der Waals surface area contributed by atoms with Crippen LogP contribution in [0.3, 0.4) is 0 Å². The van der Waals surface area contributed by atoms with E-state index in [-0.39, 0.29) is 17.9 Å². The number of hydrogen-bond acceptors (Lipinski definition) is 5. The van der Waals surface area contributed by atoms with Gasteiger partial charge in [0.2, 0.25) is 5.91 Å². The number of carbonyl (C=O) groups is 2. The average molecular weight is 366 g/mol. The Morgan fingerprint density at radius 3 is 2.41 bits per heavy atom. The molecule has 0 aliphatic carbocycles. The first-order valence-corrected chi connectivity index (χ1v) is 9.19. The van der Waals surface area contributed by atoms with E-state index in [0.717, 1.165) is 18.5 Å². The third-order valence-corrected chi connectivity index (χ3v) is 5.16. The van der Waals surface area contributed by atoms with Crippen molar-refractivity contribution in [1.82, 2.24) is 0 Å². The fourth-order valence-corrected chi connectivity index (χ4v) is 3.96. The van der Waals surface area contributed by atoms with Crippen molar-refractivity contribution in [2.75, 3.05) is 17.1 Å². The molecule has 0 aromatic heterocycles. The van der Waals surface area contributed by atoms with Gasteiger partial charge in [-0.15, -0.1) is 0 Å². The summed E-state index contributed by atoms with van der Waals surface area (Å²) in [4.78, 5) is 33.6. The molecule has 2 aromatic rings. The maximum Gasteiger partial charge on any atom is 0.266 e. The molecule has 2 aliphatic heterocycles. The molecular weight excluding hydrogens is 344 g/mol. The molecule has 2 saturated heterocycles. The third kappa shape index (κ3) is 2.77. The highest BCUT2D eigenvalue weighted by Crippen LogP contribution is 2.43. The Morgan fingerprint density at radius 2 is 1.70 bits per heavy atom. The molecule has 2 aliphatic rings. The number of rotatable bonds is 5. The molecule has 4 rings (SSSR count). The van der Waals surface area contributed by atoms with E-state index in [1.165, 1.54) is 12.0 Å². The van der Waals surface area contributed by atoms with Crippen LogP contribution in [0.5, 0.6) is 5.75 Å². The zero-order chi connectivity index (χ0) is 19.0. The average Bonchev–Trinajstić information content (AvgIpc) is 3.19. The van der Waals surface area contributed by atoms with E-state index in [9.17, 15) is 9.59 Å². The van der Waals surface area contributed by atoms with Gasteiger partial charge < -0.3 is 4.74 Å². The number of imide groups is 1. The van der Waals surface area contributed by atoms with Crippen LogP contribution in [0, 0.1) is 5.92 Å². The van der Waals surface area contributed by atoms with Crippen molar-refractivity contribution in [2.24, 2.45) is 5.92 Å². The molecule has 2 fully saturated rings. The highest BCUT2D eigenvalue weighted by molar-refractivity contribution is 6.24. The first kappa shape index (κ1) is 17.5. The van der Waals surface area contributed by atoms with Crippen LogP contribution in [-0.4, -0.2) is 31.1 Å². The van der Waals surface area contributed by atoms with Gasteiger partial charge in [-0.1, -0.05) is 43.7 Å². The lowest BCUT2D eigenvalue weighted by molar-refractivity contribution is -0.126. The molecule has 6 heteroatoms. The Balaban J connectivity index is 1.70. The maximum absolute atomic E-state index is 13.3. The summed E-state index contributed by atoms with van der Waals surface area (Å²) in [6, 6.07) is 16.5. The van der Waals surface area contributed by atoms with Gasteiger partial charge in [0.15, 0.2) is 6.10 Å². The number of nitrogens with zero attached hydrogens (tertiary/aromatic N) is 2. The molecular formula is C21H22N2O4. The van der Waals surface area contributed by atoms with Crippen molar-refractivity contribution in [1.29, 1.82) is 0 Å². The molecule has 0 bridgehead atoms. The lowest BCUT2D eigenvalue weighted by atomic mass is 9.93. The van der Waals surface area contributed by atoms with Crippen LogP contribution in [0.4, 0.5) is 11.4 Å². The number of anilines is 2. The predicted molar refractivity (Wildman–Crippen MR) is 101 cm³/mol. The van der Waals surface area contributed by atoms with Crippen LogP contribution in [0.1, 0.15) is 19.8 Å². The largest absolute Gasteiger partial charge is 0.495 e. The van der Waals surface area contributed by atoms with E-state index in [4.69, 9.17) is 9.57 Å². The van der Waals surface area contributed by atoms with E-state index in [1.807, 2.05) is 36.4 Å². The number of amides is 2. The Morgan fingerprint density at radius 1 is 1.00 bits per heavy atom. The zero-order valence-corrected chi connectivity index (χ0v) is 15.4. The Hall–Kier alpha value is -2.86. The van der Waals surface area contributed by atoms with Crippen molar-refractivity contribution in [3.05, 3.63) is 54.6 Å². The summed E-state index contributed by atoms with van der Waals surface area (Å²) >= 11 is 0. The van der Waals surface area contributed by atoms with Crippen molar-refractivity contribution in [3.8, 4) is 5.75 Å². The monoisotopic (exact) mass is 366 g/mol. The molecule has 140 valence electrons. The van der Waals surface area contributed by atoms with Crippen molar-refractivity contribution >= 4 is 23.2 Å². The number of hydroxylamine groups is 1. The number of para-hydroxylation sites is 3. The number of methoxy groups -OCH3 is 1. The van der Waals surface area contributed by atoms with Gasteiger partial charge in [-0.05, 0) is 30.7 Å². The highest BCUT2D eigenvalue weighted by Gasteiger charge is 2.59. The normalized spacial score (nSPS) is 24.4. The van der Waals surface area contributed by atoms with E-state index in [1.54, 1.807) is 23.3 Å². The Bertz CT molecular complexity index is 854. The van der Waals surface area contributed by atoms with E-state index in [2.05, 4.69) is 6.92 Å². The summed E-state index contributed by atoms with van der Waals surface area (Å²) in [6.45, 7) is 2.07. The predicted octanol–water partition coefficient (Wildman–Crippen LogP) is 3.17. The van der Waals surface area contributed by atoms with Crippen LogP contribution in [0.25, 0.3) is 0 Å². The molecule has 0 unspecified atom stereocenters. The second-order valence-corrected chi connectivity index (χ2v) is 6.75. The van der Waals surface area contributed by atoms with Crippen LogP contribution in [-0.2, 0) is 14.4 Å².